The lowest BCUT2D eigenvalue weighted by Gasteiger charge is -2.32. The number of nitrogens with one attached hydrogen (secondary N) is 2. The monoisotopic (exact) mass is 569 g/mol. The number of nitrogens with zero attached hydrogens (tertiary/aromatic N) is 6. The third kappa shape index (κ3) is 5.72. The van der Waals surface area contributed by atoms with Gasteiger partial charge >= 0.3 is 0 Å². The van der Waals surface area contributed by atoms with Gasteiger partial charge in [-0.15, -0.1) is 0 Å². The van der Waals surface area contributed by atoms with Crippen LogP contribution in [0.2, 0.25) is 10.0 Å². The molecular formula is C26H29Cl2N9O2. The Bertz CT molecular complexity index is 1440. The second-order valence-corrected chi connectivity index (χ2v) is 10.9. The van der Waals surface area contributed by atoms with Crippen molar-refractivity contribution in [2.75, 3.05) is 23.7 Å². The number of nitrogens with two attached hydrogens (primary N) is 1. The van der Waals surface area contributed by atoms with Gasteiger partial charge < -0.3 is 21.3 Å². The molecule has 3 heterocycles. The quantitative estimate of drug-likeness (QED) is 0.394. The standard InChI is InChI=1S/C26H29Cl2N9O2/c1-14(38)36-8-2-3-17(13-36)32-25-31-12-21-24(35-25)37(18-6-4-16(5-7-18)23(30)39)26(33-21)34-22-19(27)9-15(11-29)10-20(22)28/h9-10,12,16-18H,2-8,13H2,1H3,(H2,30,39)(H,33,34)(H,31,32,35)/t16?,17-,18?/m1/s1. The minimum atomic E-state index is -0.278. The van der Waals surface area contributed by atoms with Crippen molar-refractivity contribution in [2.24, 2.45) is 11.7 Å². The van der Waals surface area contributed by atoms with Crippen molar-refractivity contribution >= 4 is 63.8 Å². The summed E-state index contributed by atoms with van der Waals surface area (Å²) in [6.45, 7) is 2.93. The van der Waals surface area contributed by atoms with Crippen LogP contribution in [0.4, 0.5) is 17.6 Å². The molecule has 13 heteroatoms. The molecule has 5 rings (SSSR count). The summed E-state index contributed by atoms with van der Waals surface area (Å²) in [5.41, 5.74) is 7.55. The highest BCUT2D eigenvalue weighted by atomic mass is 35.5. The number of halogens is 2. The number of benzene rings is 1. The predicted molar refractivity (Wildman–Crippen MR) is 149 cm³/mol. The largest absolute Gasteiger partial charge is 0.369 e. The molecule has 1 atom stereocenters. The summed E-state index contributed by atoms with van der Waals surface area (Å²) < 4.78 is 2.01. The fourth-order valence-electron chi connectivity index (χ4n) is 5.45. The number of fused-ring (bicyclic) bond motifs is 1. The molecule has 2 aromatic heterocycles. The van der Waals surface area contributed by atoms with E-state index in [-0.39, 0.29) is 39.9 Å². The maximum Gasteiger partial charge on any atom is 0.225 e. The summed E-state index contributed by atoms with van der Waals surface area (Å²) in [5.74, 6) is 0.550. The highest BCUT2D eigenvalue weighted by Gasteiger charge is 2.30. The number of anilines is 3. The minimum Gasteiger partial charge on any atom is -0.369 e. The number of imidazole rings is 1. The Kier molecular flexibility index (Phi) is 7.77. The molecular weight excluding hydrogens is 541 g/mol. The highest BCUT2D eigenvalue weighted by Crippen LogP contribution is 2.39. The molecule has 0 radical (unpaired) electrons. The van der Waals surface area contributed by atoms with Crippen molar-refractivity contribution < 1.29 is 9.59 Å². The van der Waals surface area contributed by atoms with Crippen LogP contribution in [0.3, 0.4) is 0 Å². The molecule has 3 aromatic rings. The van der Waals surface area contributed by atoms with Gasteiger partial charge in [-0.3, -0.25) is 14.2 Å². The number of primary amides is 1. The molecule has 1 aliphatic carbocycles. The normalized spacial score (nSPS) is 21.4. The Hall–Kier alpha value is -3.62. The molecule has 0 spiro atoms. The predicted octanol–water partition coefficient (Wildman–Crippen LogP) is 4.39. The number of hydrogen-bond donors (Lipinski definition) is 3. The molecule has 4 N–H and O–H groups in total. The molecule has 1 aromatic carbocycles. The summed E-state index contributed by atoms with van der Waals surface area (Å²) in [6, 6.07) is 5.15. The topological polar surface area (TPSA) is 155 Å². The van der Waals surface area contributed by atoms with E-state index < -0.39 is 0 Å². The second kappa shape index (κ2) is 11.2. The molecule has 0 unspecified atom stereocenters. The van der Waals surface area contributed by atoms with Crippen molar-refractivity contribution in [2.45, 2.75) is 57.5 Å². The van der Waals surface area contributed by atoms with E-state index in [1.807, 2.05) is 15.5 Å². The fraction of sp³-hybridized carbons (Fsp3) is 0.462. The number of nitriles is 1. The number of piperidine rings is 1. The maximum absolute atomic E-state index is 11.9. The van der Waals surface area contributed by atoms with E-state index in [1.54, 1.807) is 13.1 Å². The van der Waals surface area contributed by atoms with Gasteiger partial charge in [0.25, 0.3) is 0 Å². The van der Waals surface area contributed by atoms with Crippen LogP contribution in [-0.4, -0.2) is 55.4 Å². The molecule has 1 saturated carbocycles. The van der Waals surface area contributed by atoms with Gasteiger partial charge in [0.1, 0.15) is 5.52 Å². The summed E-state index contributed by atoms with van der Waals surface area (Å²) >= 11 is 12.9. The van der Waals surface area contributed by atoms with Crippen molar-refractivity contribution in [3.8, 4) is 6.07 Å². The van der Waals surface area contributed by atoms with E-state index in [9.17, 15) is 14.9 Å². The van der Waals surface area contributed by atoms with E-state index in [4.69, 9.17) is 38.9 Å². The van der Waals surface area contributed by atoms with Gasteiger partial charge in [-0.25, -0.2) is 9.97 Å². The molecule has 204 valence electrons. The molecule has 0 bridgehead atoms. The van der Waals surface area contributed by atoms with Gasteiger partial charge in [0.05, 0.1) is 33.6 Å². The van der Waals surface area contributed by atoms with Crippen LogP contribution in [0.25, 0.3) is 11.2 Å². The van der Waals surface area contributed by atoms with E-state index in [2.05, 4.69) is 15.6 Å². The fourth-order valence-corrected chi connectivity index (χ4v) is 6.03. The Morgan fingerprint density at radius 2 is 1.85 bits per heavy atom. The average Bonchev–Trinajstić information content (AvgIpc) is 3.28. The first-order chi connectivity index (χ1) is 18.7. The summed E-state index contributed by atoms with van der Waals surface area (Å²) in [4.78, 5) is 39.6. The molecule has 2 aliphatic rings. The first kappa shape index (κ1) is 27.0. The zero-order valence-electron chi connectivity index (χ0n) is 21.5. The lowest BCUT2D eigenvalue weighted by Crippen LogP contribution is -2.44. The van der Waals surface area contributed by atoms with Crippen LogP contribution in [0.5, 0.6) is 0 Å². The summed E-state index contributed by atoms with van der Waals surface area (Å²) in [6.07, 6.45) is 6.23. The van der Waals surface area contributed by atoms with Crippen LogP contribution >= 0.6 is 23.2 Å². The van der Waals surface area contributed by atoms with Crippen LogP contribution in [0.15, 0.2) is 18.3 Å². The van der Waals surface area contributed by atoms with E-state index in [1.165, 1.54) is 12.1 Å². The van der Waals surface area contributed by atoms with Gasteiger partial charge in [-0.2, -0.15) is 10.2 Å². The molecule has 1 saturated heterocycles. The van der Waals surface area contributed by atoms with Crippen molar-refractivity contribution in [1.82, 2.24) is 24.4 Å². The first-order valence-electron chi connectivity index (χ1n) is 13.0. The van der Waals surface area contributed by atoms with E-state index >= 15 is 0 Å². The van der Waals surface area contributed by atoms with Gasteiger partial charge in [-0.05, 0) is 50.7 Å². The number of hydrogen-bond acceptors (Lipinski definition) is 8. The lowest BCUT2D eigenvalue weighted by atomic mass is 9.85. The third-order valence-electron chi connectivity index (χ3n) is 7.50. The molecule has 2 amide bonds. The SMILES string of the molecule is CC(=O)N1CCC[C@@H](Nc2ncc3nc(Nc4c(Cl)cc(C#N)cc4Cl)n(C4CCC(C(N)=O)CC4)c3n2)C1. The highest BCUT2D eigenvalue weighted by molar-refractivity contribution is 6.39. The Balaban J connectivity index is 1.50. The zero-order chi connectivity index (χ0) is 27.7. The molecule has 2 fully saturated rings. The van der Waals surface area contributed by atoms with Crippen molar-refractivity contribution in [3.63, 3.8) is 0 Å². The number of amides is 2. The second-order valence-electron chi connectivity index (χ2n) is 10.1. The molecule has 1 aliphatic heterocycles. The van der Waals surface area contributed by atoms with Crippen LogP contribution in [-0.2, 0) is 9.59 Å². The Morgan fingerprint density at radius 1 is 1.13 bits per heavy atom. The average molecular weight is 570 g/mol. The minimum absolute atomic E-state index is 0.00494. The van der Waals surface area contributed by atoms with Crippen molar-refractivity contribution in [3.05, 3.63) is 33.9 Å². The smallest absolute Gasteiger partial charge is 0.225 e. The summed E-state index contributed by atoms with van der Waals surface area (Å²) in [7, 11) is 0. The molecule has 11 nitrogen and oxygen atoms in total. The van der Waals surface area contributed by atoms with Gasteiger partial charge in [0, 0.05) is 38.0 Å². The van der Waals surface area contributed by atoms with Crippen LogP contribution < -0.4 is 16.4 Å². The zero-order valence-corrected chi connectivity index (χ0v) is 23.0. The van der Waals surface area contributed by atoms with Gasteiger partial charge in [-0.1, -0.05) is 23.2 Å². The van der Waals surface area contributed by atoms with Gasteiger partial charge in [0.15, 0.2) is 5.65 Å². The lowest BCUT2D eigenvalue weighted by molar-refractivity contribution is -0.129. The first-order valence-corrected chi connectivity index (χ1v) is 13.7. The van der Waals surface area contributed by atoms with Crippen molar-refractivity contribution in [1.29, 1.82) is 5.26 Å². The molecule has 39 heavy (non-hydrogen) atoms. The number of carbonyl (C=O) groups is 2. The number of carbonyl (C=O) groups excluding carboxylic acids is 2. The van der Waals surface area contributed by atoms with Gasteiger partial charge in [0.2, 0.25) is 23.7 Å². The Labute approximate surface area is 235 Å². The number of aromatic nitrogens is 4. The maximum atomic E-state index is 11.9. The third-order valence-corrected chi connectivity index (χ3v) is 8.10. The number of rotatable bonds is 6. The van der Waals surface area contributed by atoms with E-state index in [0.29, 0.717) is 66.5 Å². The Morgan fingerprint density at radius 3 is 2.49 bits per heavy atom. The van der Waals surface area contributed by atoms with Crippen LogP contribution in [0.1, 0.15) is 57.1 Å². The summed E-state index contributed by atoms with van der Waals surface area (Å²) in [5, 5.41) is 16.5. The van der Waals surface area contributed by atoms with Crippen LogP contribution in [0, 0.1) is 17.2 Å². The van der Waals surface area contributed by atoms with E-state index in [0.717, 1.165) is 19.4 Å². The number of likely N-dealkylation sites (tertiary alicyclic amines) is 1.